The van der Waals surface area contributed by atoms with Crippen LogP contribution in [0.2, 0.25) is 0 Å². The molecule has 1 aromatic rings. The molecule has 124 valence electrons. The van der Waals surface area contributed by atoms with E-state index in [0.717, 1.165) is 30.6 Å². The van der Waals surface area contributed by atoms with Crippen LogP contribution in [-0.4, -0.2) is 30.7 Å². The zero-order valence-electron chi connectivity index (χ0n) is 13.4. The summed E-state index contributed by atoms with van der Waals surface area (Å²) in [4.78, 5) is 22.9. The average Bonchev–Trinajstić information content (AvgIpc) is 3.37. The summed E-state index contributed by atoms with van der Waals surface area (Å²) in [5.74, 6) is -0.574. The van der Waals surface area contributed by atoms with E-state index in [0.29, 0.717) is 6.61 Å². The molecule has 0 bridgehead atoms. The summed E-state index contributed by atoms with van der Waals surface area (Å²) in [6, 6.07) is 7.55. The Labute approximate surface area is 136 Å². The first-order chi connectivity index (χ1) is 11.2. The van der Waals surface area contributed by atoms with Gasteiger partial charge in [0.05, 0.1) is 12.8 Å². The highest BCUT2D eigenvalue weighted by molar-refractivity contribution is 6.35. The maximum atomic E-state index is 11.5. The largest absolute Gasteiger partial charge is 0.494 e. The van der Waals surface area contributed by atoms with Crippen LogP contribution in [0.1, 0.15) is 44.6 Å². The van der Waals surface area contributed by atoms with Crippen molar-refractivity contribution in [1.29, 1.82) is 0 Å². The van der Waals surface area contributed by atoms with E-state index in [1.54, 1.807) is 0 Å². The van der Waals surface area contributed by atoms with Crippen molar-refractivity contribution in [3.63, 3.8) is 0 Å². The first-order valence-electron chi connectivity index (χ1n) is 8.06. The Morgan fingerprint density at radius 2 is 1.96 bits per heavy atom. The third-order valence-corrected chi connectivity index (χ3v) is 3.40. The molecule has 0 spiro atoms. The second-order valence-electron chi connectivity index (χ2n) is 5.57. The van der Waals surface area contributed by atoms with E-state index >= 15 is 0 Å². The van der Waals surface area contributed by atoms with Crippen molar-refractivity contribution in [3.05, 3.63) is 29.8 Å². The Hall–Kier alpha value is -2.37. The van der Waals surface area contributed by atoms with E-state index in [2.05, 4.69) is 22.8 Å². The van der Waals surface area contributed by atoms with Crippen LogP contribution < -0.4 is 15.5 Å². The summed E-state index contributed by atoms with van der Waals surface area (Å²) in [6.45, 7) is 2.87. The van der Waals surface area contributed by atoms with Crippen LogP contribution in [0.15, 0.2) is 29.4 Å². The zero-order valence-corrected chi connectivity index (χ0v) is 13.4. The molecule has 1 aliphatic rings. The third-order valence-electron chi connectivity index (χ3n) is 3.40. The molecule has 2 amide bonds. The van der Waals surface area contributed by atoms with Gasteiger partial charge in [0.2, 0.25) is 0 Å². The molecule has 2 N–H and O–H groups in total. The maximum Gasteiger partial charge on any atom is 0.329 e. The smallest absolute Gasteiger partial charge is 0.329 e. The summed E-state index contributed by atoms with van der Waals surface area (Å²) < 4.78 is 5.61. The monoisotopic (exact) mass is 317 g/mol. The first-order valence-corrected chi connectivity index (χ1v) is 8.06. The van der Waals surface area contributed by atoms with Crippen LogP contribution in [-0.2, 0) is 9.59 Å². The van der Waals surface area contributed by atoms with E-state index in [1.165, 1.54) is 19.1 Å². The van der Waals surface area contributed by atoms with Crippen molar-refractivity contribution in [2.24, 2.45) is 5.10 Å². The van der Waals surface area contributed by atoms with Crippen LogP contribution in [0, 0.1) is 0 Å². The minimum Gasteiger partial charge on any atom is -0.494 e. The summed E-state index contributed by atoms with van der Waals surface area (Å²) in [5.41, 5.74) is 3.03. The number of amides is 2. The predicted octanol–water partition coefficient (Wildman–Crippen LogP) is 1.98. The Balaban J connectivity index is 1.71. The number of carbonyl (C=O) groups excluding carboxylic acids is 2. The molecule has 0 saturated heterocycles. The normalized spacial score (nSPS) is 13.8. The van der Waals surface area contributed by atoms with Gasteiger partial charge in [-0.3, -0.25) is 9.59 Å². The van der Waals surface area contributed by atoms with Crippen LogP contribution in [0.5, 0.6) is 5.75 Å². The highest BCUT2D eigenvalue weighted by Gasteiger charge is 2.26. The molecule has 1 fully saturated rings. The molecule has 2 rings (SSSR count). The molecule has 0 aliphatic heterocycles. The molecular weight excluding hydrogens is 294 g/mol. The fourth-order valence-electron chi connectivity index (χ4n) is 1.89. The van der Waals surface area contributed by atoms with E-state index in [-0.39, 0.29) is 6.04 Å². The van der Waals surface area contributed by atoms with Gasteiger partial charge in [0.1, 0.15) is 5.75 Å². The van der Waals surface area contributed by atoms with Gasteiger partial charge in [-0.15, -0.1) is 0 Å². The molecule has 1 saturated carbocycles. The lowest BCUT2D eigenvalue weighted by molar-refractivity contribution is -0.139. The molecule has 0 atom stereocenters. The lowest BCUT2D eigenvalue weighted by atomic mass is 10.2. The molecule has 1 aromatic carbocycles. The van der Waals surface area contributed by atoms with Gasteiger partial charge in [-0.25, -0.2) is 5.43 Å². The van der Waals surface area contributed by atoms with Gasteiger partial charge in [-0.1, -0.05) is 19.8 Å². The maximum absolute atomic E-state index is 11.5. The van der Waals surface area contributed by atoms with E-state index in [4.69, 9.17) is 4.74 Å². The standard InChI is InChI=1S/C17H23N3O3/c1-2-3-4-11-23-15-9-5-13(6-10-15)12-18-20-17(22)16(21)19-14-7-8-14/h5-6,9-10,12,14H,2-4,7-8,11H2,1H3,(H,19,21)(H,20,22)/b18-12-. The number of nitrogens with zero attached hydrogens (tertiary/aromatic N) is 1. The van der Waals surface area contributed by atoms with Crippen molar-refractivity contribution >= 4 is 18.0 Å². The highest BCUT2D eigenvalue weighted by Crippen LogP contribution is 2.18. The van der Waals surface area contributed by atoms with E-state index in [1.807, 2.05) is 24.3 Å². The van der Waals surface area contributed by atoms with Crippen molar-refractivity contribution < 1.29 is 14.3 Å². The van der Waals surface area contributed by atoms with Crippen molar-refractivity contribution in [3.8, 4) is 5.75 Å². The topological polar surface area (TPSA) is 79.8 Å². The molecular formula is C17H23N3O3. The third kappa shape index (κ3) is 6.50. The van der Waals surface area contributed by atoms with Gasteiger partial charge in [-0.05, 0) is 49.1 Å². The van der Waals surface area contributed by atoms with E-state index < -0.39 is 11.8 Å². The van der Waals surface area contributed by atoms with Gasteiger partial charge < -0.3 is 10.1 Å². The van der Waals surface area contributed by atoms with Crippen molar-refractivity contribution in [2.45, 2.75) is 45.1 Å². The summed E-state index contributed by atoms with van der Waals surface area (Å²) in [6.07, 6.45) is 6.75. The van der Waals surface area contributed by atoms with Gasteiger partial charge in [0.25, 0.3) is 0 Å². The Kier molecular flexibility index (Phi) is 6.59. The molecule has 1 aliphatic carbocycles. The highest BCUT2D eigenvalue weighted by atomic mass is 16.5. The minimum atomic E-state index is -0.746. The number of rotatable bonds is 8. The molecule has 6 heteroatoms. The minimum absolute atomic E-state index is 0.155. The van der Waals surface area contributed by atoms with E-state index in [9.17, 15) is 9.59 Å². The molecule has 0 aromatic heterocycles. The SMILES string of the molecule is CCCCCOc1ccc(/C=N\NC(=O)C(=O)NC2CC2)cc1. The zero-order chi connectivity index (χ0) is 16.5. The lowest BCUT2D eigenvalue weighted by Crippen LogP contribution is -2.38. The molecule has 0 unspecified atom stereocenters. The Morgan fingerprint density at radius 3 is 2.61 bits per heavy atom. The number of carbonyl (C=O) groups is 2. The second kappa shape index (κ2) is 8.92. The Morgan fingerprint density at radius 1 is 1.22 bits per heavy atom. The van der Waals surface area contributed by atoms with Crippen LogP contribution in [0.25, 0.3) is 0 Å². The number of nitrogens with one attached hydrogen (secondary N) is 2. The van der Waals surface area contributed by atoms with Crippen LogP contribution in [0.4, 0.5) is 0 Å². The number of ether oxygens (including phenoxy) is 1. The fourth-order valence-corrected chi connectivity index (χ4v) is 1.89. The van der Waals surface area contributed by atoms with Crippen LogP contribution in [0.3, 0.4) is 0 Å². The number of hydrogen-bond acceptors (Lipinski definition) is 4. The van der Waals surface area contributed by atoms with Gasteiger partial charge in [0.15, 0.2) is 0 Å². The van der Waals surface area contributed by atoms with Gasteiger partial charge >= 0.3 is 11.8 Å². The quantitative estimate of drug-likeness (QED) is 0.333. The number of hydrogen-bond donors (Lipinski definition) is 2. The summed E-state index contributed by atoms with van der Waals surface area (Å²) in [7, 11) is 0. The Bertz CT molecular complexity index is 551. The van der Waals surface area contributed by atoms with Crippen molar-refractivity contribution in [1.82, 2.24) is 10.7 Å². The fraction of sp³-hybridized carbons (Fsp3) is 0.471. The summed E-state index contributed by atoms with van der Waals surface area (Å²) >= 11 is 0. The predicted molar refractivity (Wildman–Crippen MR) is 88.4 cm³/mol. The van der Waals surface area contributed by atoms with Crippen molar-refractivity contribution in [2.75, 3.05) is 6.61 Å². The van der Waals surface area contributed by atoms with Gasteiger partial charge in [0, 0.05) is 6.04 Å². The number of benzene rings is 1. The number of unbranched alkanes of at least 4 members (excludes halogenated alkanes) is 2. The lowest BCUT2D eigenvalue weighted by Gasteiger charge is -2.05. The van der Waals surface area contributed by atoms with Crippen LogP contribution >= 0.6 is 0 Å². The first kappa shape index (κ1) is 17.0. The van der Waals surface area contributed by atoms with Gasteiger partial charge in [-0.2, -0.15) is 5.10 Å². The molecule has 0 heterocycles. The number of hydrazone groups is 1. The average molecular weight is 317 g/mol. The molecule has 6 nitrogen and oxygen atoms in total. The molecule has 0 radical (unpaired) electrons. The summed E-state index contributed by atoms with van der Waals surface area (Å²) in [5, 5.41) is 6.38. The molecule has 23 heavy (non-hydrogen) atoms. The second-order valence-corrected chi connectivity index (χ2v) is 5.57.